The maximum absolute atomic E-state index is 15.1. The number of hydrogen-bond acceptors (Lipinski definition) is 5. The Hall–Kier alpha value is -2.65. The fraction of sp³-hybridized carbons (Fsp3) is 0.250. The van der Waals surface area contributed by atoms with Crippen molar-refractivity contribution in [2.45, 2.75) is 6.92 Å². The Morgan fingerprint density at radius 2 is 2.03 bits per heavy atom. The van der Waals surface area contributed by atoms with Crippen molar-refractivity contribution in [1.29, 1.82) is 0 Å². The number of nitrogens with zero attached hydrogens (tertiary/aromatic N) is 5. The first-order valence-electron chi connectivity index (χ1n) is 9.12. The zero-order chi connectivity index (χ0) is 20.1. The molecule has 148 valence electrons. The van der Waals surface area contributed by atoms with Crippen molar-refractivity contribution in [3.05, 3.63) is 58.3 Å². The monoisotopic (exact) mass is 459 g/mol. The summed E-state index contributed by atoms with van der Waals surface area (Å²) in [5.41, 5.74) is 1.18. The van der Waals surface area contributed by atoms with Crippen molar-refractivity contribution in [1.82, 2.24) is 19.6 Å². The number of fused-ring (bicyclic) bond motifs is 3. The van der Waals surface area contributed by atoms with Crippen LogP contribution in [0.15, 0.2) is 40.9 Å². The van der Waals surface area contributed by atoms with Crippen molar-refractivity contribution < 1.29 is 13.5 Å². The van der Waals surface area contributed by atoms with Gasteiger partial charge in [0.25, 0.3) is 5.78 Å². The van der Waals surface area contributed by atoms with E-state index in [0.29, 0.717) is 58.2 Å². The molecule has 5 rings (SSSR count). The third kappa shape index (κ3) is 3.14. The summed E-state index contributed by atoms with van der Waals surface area (Å²) in [5, 5.41) is 8.55. The van der Waals surface area contributed by atoms with Gasteiger partial charge in [0.15, 0.2) is 0 Å². The highest BCUT2D eigenvalue weighted by molar-refractivity contribution is 9.10. The number of halogens is 3. The van der Waals surface area contributed by atoms with Gasteiger partial charge in [-0.15, -0.1) is 10.2 Å². The first-order valence-corrected chi connectivity index (χ1v) is 9.92. The molecule has 29 heavy (non-hydrogen) atoms. The molecule has 4 aromatic rings. The van der Waals surface area contributed by atoms with Crippen LogP contribution in [0.5, 0.6) is 0 Å². The Morgan fingerprint density at radius 3 is 2.76 bits per heavy atom. The lowest BCUT2D eigenvalue weighted by Gasteiger charge is -2.33. The quantitative estimate of drug-likeness (QED) is 0.452. The van der Waals surface area contributed by atoms with E-state index in [9.17, 15) is 4.39 Å². The van der Waals surface area contributed by atoms with Gasteiger partial charge in [-0.3, -0.25) is 4.40 Å². The molecular weight excluding hydrogens is 444 g/mol. The molecule has 2 aromatic heterocycles. The van der Waals surface area contributed by atoms with Gasteiger partial charge >= 0.3 is 0 Å². The fourth-order valence-electron chi connectivity index (χ4n) is 3.63. The zero-order valence-corrected chi connectivity index (χ0v) is 17.0. The molecule has 1 aliphatic rings. The van der Waals surface area contributed by atoms with Gasteiger partial charge in [0, 0.05) is 22.6 Å². The molecule has 0 atom stereocenters. The van der Waals surface area contributed by atoms with Gasteiger partial charge in [0.05, 0.1) is 24.1 Å². The Kier molecular flexibility index (Phi) is 4.44. The van der Waals surface area contributed by atoms with Gasteiger partial charge in [0.1, 0.15) is 23.3 Å². The molecule has 9 heteroatoms. The lowest BCUT2D eigenvalue weighted by atomic mass is 10.1. The summed E-state index contributed by atoms with van der Waals surface area (Å²) in [4.78, 5) is 6.46. The second kappa shape index (κ2) is 7.00. The van der Waals surface area contributed by atoms with Gasteiger partial charge in [-0.2, -0.15) is 4.98 Å². The lowest BCUT2D eigenvalue weighted by molar-refractivity contribution is -0.0267. The van der Waals surface area contributed by atoms with Crippen LogP contribution in [0.25, 0.3) is 16.7 Å². The number of ether oxygens (including phenoxy) is 1. The Balaban J connectivity index is 1.80. The normalized spacial score (nSPS) is 14.5. The summed E-state index contributed by atoms with van der Waals surface area (Å²) in [5.74, 6) is 0.778. The van der Waals surface area contributed by atoms with E-state index < -0.39 is 11.6 Å². The first kappa shape index (κ1) is 18.4. The zero-order valence-electron chi connectivity index (χ0n) is 15.4. The molecule has 1 fully saturated rings. The topological polar surface area (TPSA) is 55.5 Å². The summed E-state index contributed by atoms with van der Waals surface area (Å²) >= 11 is 3.35. The molecule has 0 spiro atoms. The van der Waals surface area contributed by atoms with E-state index in [-0.39, 0.29) is 5.92 Å². The van der Waals surface area contributed by atoms with Crippen LogP contribution in [-0.2, 0) is 4.74 Å². The maximum atomic E-state index is 15.1. The molecule has 1 aliphatic heterocycles. The van der Waals surface area contributed by atoms with E-state index in [2.05, 4.69) is 31.1 Å². The average molecular weight is 460 g/mol. The third-order valence-corrected chi connectivity index (χ3v) is 5.49. The summed E-state index contributed by atoms with van der Waals surface area (Å²) in [6, 6.07) is 9.42. The largest absolute Gasteiger partial charge is 0.381 e. The average Bonchev–Trinajstić information content (AvgIpc) is 3.01. The molecule has 1 saturated heterocycles. The minimum absolute atomic E-state index is 0.233. The predicted molar refractivity (Wildman–Crippen MR) is 108 cm³/mol. The van der Waals surface area contributed by atoms with Gasteiger partial charge in [-0.1, -0.05) is 22.0 Å². The van der Waals surface area contributed by atoms with Crippen LogP contribution < -0.4 is 4.90 Å². The van der Waals surface area contributed by atoms with Crippen LogP contribution in [0.1, 0.15) is 5.82 Å². The fourth-order valence-corrected chi connectivity index (χ4v) is 4.08. The molecule has 3 heterocycles. The summed E-state index contributed by atoms with van der Waals surface area (Å²) in [6.45, 7) is 3.49. The van der Waals surface area contributed by atoms with Crippen molar-refractivity contribution in [3.8, 4) is 0 Å². The lowest BCUT2D eigenvalue weighted by Crippen LogP contribution is -2.38. The first-order chi connectivity index (χ1) is 14.0. The second-order valence-electron chi connectivity index (χ2n) is 7.09. The molecule has 0 unspecified atom stereocenters. The van der Waals surface area contributed by atoms with E-state index in [1.165, 1.54) is 18.2 Å². The smallest absolute Gasteiger partial charge is 0.257 e. The van der Waals surface area contributed by atoms with Gasteiger partial charge < -0.3 is 9.64 Å². The second-order valence-corrected chi connectivity index (χ2v) is 8.01. The van der Waals surface area contributed by atoms with E-state index in [0.717, 1.165) is 0 Å². The van der Waals surface area contributed by atoms with Crippen LogP contribution in [0.4, 0.5) is 20.3 Å². The number of aryl methyl sites for hydroxylation is 1. The van der Waals surface area contributed by atoms with Crippen molar-refractivity contribution in [2.24, 2.45) is 5.92 Å². The Bertz CT molecular complexity index is 1220. The van der Waals surface area contributed by atoms with Crippen molar-refractivity contribution in [2.75, 3.05) is 24.7 Å². The number of anilines is 2. The summed E-state index contributed by atoms with van der Waals surface area (Å²) < 4.78 is 36.9. The van der Waals surface area contributed by atoms with Crippen molar-refractivity contribution in [3.63, 3.8) is 0 Å². The van der Waals surface area contributed by atoms with Crippen molar-refractivity contribution >= 4 is 44.1 Å². The van der Waals surface area contributed by atoms with Crippen LogP contribution >= 0.6 is 15.9 Å². The maximum Gasteiger partial charge on any atom is 0.257 e. The third-order valence-electron chi connectivity index (χ3n) is 5.03. The molecule has 0 aliphatic carbocycles. The predicted octanol–water partition coefficient (Wildman–Crippen LogP) is 4.41. The van der Waals surface area contributed by atoms with E-state index in [1.807, 2.05) is 4.90 Å². The molecule has 0 N–H and O–H groups in total. The molecule has 0 bridgehead atoms. The molecular formula is C20H16BrF2N5O. The standard InChI is InChI=1S/C20H16BrF2N5O/c1-11-25-26-20-24-19(18-16(23)3-2-4-17(18)28(11)20)27(8-12-9-29-10-12)15-6-13(21)5-14(22)7-15/h2-7,12H,8-10H2,1H3. The molecule has 0 radical (unpaired) electrons. The molecule has 0 amide bonds. The molecule has 0 saturated carbocycles. The van der Waals surface area contributed by atoms with Crippen LogP contribution in [0.2, 0.25) is 0 Å². The minimum atomic E-state index is -0.412. The molecule has 2 aromatic carbocycles. The minimum Gasteiger partial charge on any atom is -0.381 e. The van der Waals surface area contributed by atoms with E-state index in [1.54, 1.807) is 29.5 Å². The Labute approximate surface area is 173 Å². The Morgan fingerprint density at radius 1 is 1.21 bits per heavy atom. The number of aromatic nitrogens is 4. The summed E-state index contributed by atoms with van der Waals surface area (Å²) in [7, 11) is 0. The number of benzene rings is 2. The van der Waals surface area contributed by atoms with Gasteiger partial charge in [-0.05, 0) is 37.3 Å². The van der Waals surface area contributed by atoms with Crippen LogP contribution in [-0.4, -0.2) is 39.3 Å². The van der Waals surface area contributed by atoms with E-state index >= 15 is 4.39 Å². The van der Waals surface area contributed by atoms with E-state index in [4.69, 9.17) is 4.74 Å². The van der Waals surface area contributed by atoms with Gasteiger partial charge in [-0.25, -0.2) is 8.78 Å². The number of hydrogen-bond donors (Lipinski definition) is 0. The highest BCUT2D eigenvalue weighted by Crippen LogP contribution is 2.36. The number of rotatable bonds is 4. The highest BCUT2D eigenvalue weighted by atomic mass is 79.9. The summed E-state index contributed by atoms with van der Waals surface area (Å²) in [6.07, 6.45) is 0. The van der Waals surface area contributed by atoms with Crippen LogP contribution in [0, 0.1) is 24.5 Å². The molecule has 6 nitrogen and oxygen atoms in total. The van der Waals surface area contributed by atoms with Crippen LogP contribution in [0.3, 0.4) is 0 Å². The SMILES string of the molecule is Cc1nnc2nc(N(CC3COC3)c3cc(F)cc(Br)c3)c3c(F)cccc3n12. The van der Waals surface area contributed by atoms with Gasteiger partial charge in [0.2, 0.25) is 0 Å². The highest BCUT2D eigenvalue weighted by Gasteiger charge is 2.27.